The average Bonchev–Trinajstić information content (AvgIpc) is 2.46. The van der Waals surface area contributed by atoms with Crippen molar-refractivity contribution in [3.8, 4) is 0 Å². The van der Waals surface area contributed by atoms with E-state index in [4.69, 9.17) is 10.8 Å². The van der Waals surface area contributed by atoms with Crippen LogP contribution in [0.15, 0.2) is 6.07 Å². The Morgan fingerprint density at radius 3 is 2.76 bits per heavy atom. The molecule has 1 atom stereocenters. The molecule has 3 N–H and O–H groups in total. The van der Waals surface area contributed by atoms with Crippen LogP contribution in [0.4, 0.5) is 15.0 Å². The molecule has 114 valence electrons. The van der Waals surface area contributed by atoms with Gasteiger partial charge in [-0.15, -0.1) is 0 Å². The van der Waals surface area contributed by atoms with Gasteiger partial charge in [-0.05, 0) is 30.9 Å². The first-order valence-electron chi connectivity index (χ1n) is 7.21. The molecule has 7 heteroatoms. The van der Waals surface area contributed by atoms with Crippen LogP contribution >= 0.6 is 0 Å². The zero-order chi connectivity index (χ0) is 15.0. The largest absolute Gasteiger partial charge is 0.465 e. The number of rotatable bonds is 1. The Morgan fingerprint density at radius 1 is 1.38 bits per heavy atom. The van der Waals surface area contributed by atoms with Crippen LogP contribution in [-0.2, 0) is 12.8 Å². The number of nitrogens with zero attached hydrogens (tertiary/aromatic N) is 3. The van der Waals surface area contributed by atoms with E-state index >= 15 is 0 Å². The third-order valence-corrected chi connectivity index (χ3v) is 4.21. The third-order valence-electron chi connectivity index (χ3n) is 4.21. The number of nitrogens with two attached hydrogens (primary N) is 1. The molecule has 0 aromatic carbocycles. The van der Waals surface area contributed by atoms with Crippen LogP contribution in [0.1, 0.15) is 17.7 Å². The number of aryl methyl sites for hydroxylation is 1. The van der Waals surface area contributed by atoms with Crippen molar-refractivity contribution in [1.82, 2.24) is 9.88 Å². The van der Waals surface area contributed by atoms with Crippen molar-refractivity contribution in [3.63, 3.8) is 0 Å². The number of pyridine rings is 1. The Morgan fingerprint density at radius 2 is 2.10 bits per heavy atom. The Hall–Kier alpha value is -1.89. The maximum atomic E-state index is 14.3. The van der Waals surface area contributed by atoms with Gasteiger partial charge in [-0.2, -0.15) is 0 Å². The van der Waals surface area contributed by atoms with Gasteiger partial charge in [-0.3, -0.25) is 0 Å². The van der Waals surface area contributed by atoms with Gasteiger partial charge >= 0.3 is 6.09 Å². The molecule has 1 aromatic heterocycles. The van der Waals surface area contributed by atoms with Crippen LogP contribution in [0, 0.1) is 5.82 Å². The SMILES string of the molecule is NC1CCc2nc(N3CCN(C(=O)O)CC3)c(F)cc2C1. The van der Waals surface area contributed by atoms with Gasteiger partial charge in [-0.1, -0.05) is 0 Å². The van der Waals surface area contributed by atoms with Crippen molar-refractivity contribution in [2.75, 3.05) is 31.1 Å². The molecule has 2 aliphatic rings. The summed E-state index contributed by atoms with van der Waals surface area (Å²) in [5.74, 6) is 0.000820. The van der Waals surface area contributed by atoms with Crippen LogP contribution in [0.2, 0.25) is 0 Å². The van der Waals surface area contributed by atoms with Gasteiger partial charge in [-0.25, -0.2) is 14.2 Å². The second-order valence-corrected chi connectivity index (χ2v) is 5.66. The molecule has 0 saturated carbocycles. The highest BCUT2D eigenvalue weighted by molar-refractivity contribution is 5.65. The molecule has 0 radical (unpaired) electrons. The van der Waals surface area contributed by atoms with E-state index in [2.05, 4.69) is 4.98 Å². The van der Waals surface area contributed by atoms with Crippen molar-refractivity contribution >= 4 is 11.9 Å². The Bertz CT molecular complexity index is 558. The van der Waals surface area contributed by atoms with E-state index in [0.717, 1.165) is 24.1 Å². The molecule has 1 saturated heterocycles. The first-order valence-corrected chi connectivity index (χ1v) is 7.21. The second kappa shape index (κ2) is 5.48. The van der Waals surface area contributed by atoms with Crippen molar-refractivity contribution in [2.24, 2.45) is 5.73 Å². The first-order chi connectivity index (χ1) is 10.0. The molecule has 1 fully saturated rings. The van der Waals surface area contributed by atoms with Crippen LogP contribution < -0.4 is 10.6 Å². The van der Waals surface area contributed by atoms with Gasteiger partial charge in [0.1, 0.15) is 0 Å². The summed E-state index contributed by atoms with van der Waals surface area (Å²) >= 11 is 0. The molecule has 1 amide bonds. The number of fused-ring (bicyclic) bond motifs is 1. The summed E-state index contributed by atoms with van der Waals surface area (Å²) in [6, 6.07) is 1.63. The molecule has 0 spiro atoms. The van der Waals surface area contributed by atoms with Crippen LogP contribution in [0.5, 0.6) is 0 Å². The highest BCUT2D eigenvalue weighted by Crippen LogP contribution is 2.26. The molecule has 1 aliphatic heterocycles. The molecule has 1 unspecified atom stereocenters. The predicted octanol–water partition coefficient (Wildman–Crippen LogP) is 0.837. The summed E-state index contributed by atoms with van der Waals surface area (Å²) in [5.41, 5.74) is 7.73. The summed E-state index contributed by atoms with van der Waals surface area (Å²) in [4.78, 5) is 18.5. The number of hydrogen-bond acceptors (Lipinski definition) is 4. The van der Waals surface area contributed by atoms with Gasteiger partial charge in [0.15, 0.2) is 11.6 Å². The predicted molar refractivity (Wildman–Crippen MR) is 76.0 cm³/mol. The summed E-state index contributed by atoms with van der Waals surface area (Å²) in [5, 5.41) is 8.94. The van der Waals surface area contributed by atoms with Gasteiger partial charge in [0, 0.05) is 37.9 Å². The van der Waals surface area contributed by atoms with Gasteiger partial charge in [0.05, 0.1) is 0 Å². The number of anilines is 1. The Kier molecular flexibility index (Phi) is 3.67. The maximum absolute atomic E-state index is 14.3. The summed E-state index contributed by atoms with van der Waals surface area (Å²) in [6.45, 7) is 1.68. The minimum atomic E-state index is -0.928. The highest BCUT2D eigenvalue weighted by Gasteiger charge is 2.25. The molecule has 0 bridgehead atoms. The molecule has 2 heterocycles. The van der Waals surface area contributed by atoms with Crippen molar-refractivity contribution in [1.29, 1.82) is 0 Å². The minimum absolute atomic E-state index is 0.0867. The smallest absolute Gasteiger partial charge is 0.407 e. The van der Waals surface area contributed by atoms with Crippen molar-refractivity contribution in [3.05, 3.63) is 23.1 Å². The normalized spacial score (nSPS) is 22.1. The molecule has 1 aliphatic carbocycles. The van der Waals surface area contributed by atoms with Gasteiger partial charge in [0.25, 0.3) is 0 Å². The van der Waals surface area contributed by atoms with E-state index in [0.29, 0.717) is 38.4 Å². The molecule has 21 heavy (non-hydrogen) atoms. The fourth-order valence-corrected chi connectivity index (χ4v) is 2.99. The Balaban J connectivity index is 1.79. The first kappa shape index (κ1) is 14.1. The molecule has 3 rings (SSSR count). The lowest BCUT2D eigenvalue weighted by atomic mass is 9.92. The third kappa shape index (κ3) is 2.78. The number of piperazine rings is 1. The van der Waals surface area contributed by atoms with Gasteiger partial charge < -0.3 is 20.6 Å². The van der Waals surface area contributed by atoms with E-state index in [-0.39, 0.29) is 11.9 Å². The van der Waals surface area contributed by atoms with E-state index in [9.17, 15) is 9.18 Å². The minimum Gasteiger partial charge on any atom is -0.465 e. The number of aromatic nitrogens is 1. The average molecular weight is 294 g/mol. The number of halogens is 1. The summed E-state index contributed by atoms with van der Waals surface area (Å²) < 4.78 is 14.3. The molecule has 6 nitrogen and oxygen atoms in total. The van der Waals surface area contributed by atoms with E-state index < -0.39 is 6.09 Å². The van der Waals surface area contributed by atoms with Crippen LogP contribution in [0.3, 0.4) is 0 Å². The van der Waals surface area contributed by atoms with Gasteiger partial charge in [0.2, 0.25) is 0 Å². The molecule has 1 aromatic rings. The number of hydrogen-bond donors (Lipinski definition) is 2. The summed E-state index contributed by atoms with van der Waals surface area (Å²) in [6.07, 6.45) is 1.39. The van der Waals surface area contributed by atoms with Crippen molar-refractivity contribution in [2.45, 2.75) is 25.3 Å². The fraction of sp³-hybridized carbons (Fsp3) is 0.571. The van der Waals surface area contributed by atoms with E-state index in [1.165, 1.54) is 4.90 Å². The van der Waals surface area contributed by atoms with Crippen molar-refractivity contribution < 1.29 is 14.3 Å². The van der Waals surface area contributed by atoms with Crippen LogP contribution in [0.25, 0.3) is 0 Å². The quantitative estimate of drug-likeness (QED) is 0.802. The number of carboxylic acid groups (broad SMARTS) is 1. The Labute approximate surface area is 122 Å². The zero-order valence-corrected chi connectivity index (χ0v) is 11.8. The summed E-state index contributed by atoms with van der Waals surface area (Å²) in [7, 11) is 0. The topological polar surface area (TPSA) is 82.7 Å². The van der Waals surface area contributed by atoms with Crippen LogP contribution in [-0.4, -0.2) is 53.3 Å². The standard InChI is InChI=1S/C14H19FN4O2/c15-11-8-9-7-10(16)1-2-12(9)17-13(11)18-3-5-19(6-4-18)14(20)21/h8,10H,1-7,16H2,(H,20,21). The maximum Gasteiger partial charge on any atom is 0.407 e. The second-order valence-electron chi connectivity index (χ2n) is 5.66. The molecular formula is C14H19FN4O2. The van der Waals surface area contributed by atoms with E-state index in [1.54, 1.807) is 6.07 Å². The lowest BCUT2D eigenvalue weighted by Crippen LogP contribution is -2.49. The van der Waals surface area contributed by atoms with E-state index in [1.807, 2.05) is 4.90 Å². The highest BCUT2D eigenvalue weighted by atomic mass is 19.1. The number of carbonyl (C=O) groups is 1. The molecular weight excluding hydrogens is 275 g/mol. The lowest BCUT2D eigenvalue weighted by molar-refractivity contribution is 0.142. The monoisotopic (exact) mass is 294 g/mol. The fourth-order valence-electron chi connectivity index (χ4n) is 2.99. The zero-order valence-electron chi connectivity index (χ0n) is 11.8. The lowest BCUT2D eigenvalue weighted by Gasteiger charge is -2.34. The number of amides is 1.